The van der Waals surface area contributed by atoms with Gasteiger partial charge in [0, 0.05) is 27.6 Å². The molecule has 9 N–H and O–H groups in total. The highest BCUT2D eigenvalue weighted by Crippen LogP contribution is 2.64. The van der Waals surface area contributed by atoms with Crippen molar-refractivity contribution in [2.45, 2.75) is 30.0 Å². The minimum atomic E-state index is -5.02. The molecule has 1 aliphatic rings. The Hall–Kier alpha value is -2.82. The predicted octanol–water partition coefficient (Wildman–Crippen LogP) is 2.05. The first kappa shape index (κ1) is 28.7. The molecular weight excluding hydrogens is 598 g/mol. The molecule has 3 rings (SSSR count). The zero-order valence-corrected chi connectivity index (χ0v) is 20.9. The second-order valence-corrected chi connectivity index (χ2v) is 10.7. The van der Waals surface area contributed by atoms with Crippen LogP contribution in [0.1, 0.15) is 27.0 Å². The van der Waals surface area contributed by atoms with E-state index in [1.165, 1.54) is 6.07 Å². The molecule has 11 nitrogen and oxygen atoms in total. The van der Waals surface area contributed by atoms with Crippen molar-refractivity contribution in [3.05, 3.63) is 69.2 Å². The summed E-state index contributed by atoms with van der Waals surface area (Å²) in [5.74, 6) is 3.50. The maximum Gasteiger partial charge on any atom is 0.501 e. The number of halogens is 6. The Bertz CT molecular complexity index is 1280. The number of hydrogen-bond acceptors (Lipinski definition) is 7. The molecule has 200 valence electrons. The van der Waals surface area contributed by atoms with Gasteiger partial charge >= 0.3 is 25.1 Å². The van der Waals surface area contributed by atoms with Crippen LogP contribution >= 0.6 is 23.5 Å². The van der Waals surface area contributed by atoms with Gasteiger partial charge in [0.2, 0.25) is 5.91 Å². The summed E-state index contributed by atoms with van der Waals surface area (Å²) in [6.45, 7) is 0. The molecule has 37 heavy (non-hydrogen) atoms. The van der Waals surface area contributed by atoms with E-state index < -0.39 is 54.1 Å². The van der Waals surface area contributed by atoms with Crippen molar-refractivity contribution >= 4 is 35.3 Å². The largest absolute Gasteiger partial charge is 0.501 e. The Morgan fingerprint density at radius 3 is 2.11 bits per heavy atom. The second-order valence-electron chi connectivity index (χ2n) is 7.72. The van der Waals surface area contributed by atoms with Gasteiger partial charge in [-0.05, 0) is 23.8 Å². The highest BCUT2D eigenvalue weighted by Gasteiger charge is 2.65. The molecule has 1 heterocycles. The number of nitrogens with two attached hydrogens (primary N) is 1. The van der Waals surface area contributed by atoms with Crippen LogP contribution in [0.3, 0.4) is 0 Å². The predicted molar refractivity (Wildman–Crippen MR) is 117 cm³/mol. The lowest BCUT2D eigenvalue weighted by Gasteiger charge is -2.20. The summed E-state index contributed by atoms with van der Waals surface area (Å²) in [5, 5.41) is 8.49. The first-order valence-corrected chi connectivity index (χ1v) is 12.3. The molecule has 0 radical (unpaired) electrons. The van der Waals surface area contributed by atoms with Crippen LogP contribution in [0.25, 0.3) is 0 Å². The number of quaternary nitrogens is 2. The van der Waals surface area contributed by atoms with Gasteiger partial charge in [-0.2, -0.15) is 22.0 Å². The molecule has 0 saturated heterocycles. The number of benzene rings is 2. The van der Waals surface area contributed by atoms with Gasteiger partial charge in [0.25, 0.3) is 5.91 Å². The molecular formula is C19H19BrF5N6O5P+2. The third kappa shape index (κ3) is 5.56. The molecule has 2 amide bonds. The zero-order chi connectivity index (χ0) is 27.8. The average Bonchev–Trinajstić information content (AvgIpc) is 3.65. The minimum Gasteiger partial charge on any atom is -0.368 e. The fourth-order valence-electron chi connectivity index (χ4n) is 3.26. The van der Waals surface area contributed by atoms with Crippen molar-refractivity contribution in [2.24, 2.45) is 16.0 Å². The quantitative estimate of drug-likeness (QED) is 0.180. The lowest BCUT2D eigenvalue weighted by atomic mass is 9.99. The Balaban J connectivity index is 1.79. The molecule has 18 heteroatoms. The summed E-state index contributed by atoms with van der Waals surface area (Å²) in [7, 11) is -5.02. The van der Waals surface area contributed by atoms with Gasteiger partial charge in [0.1, 0.15) is 6.04 Å². The lowest BCUT2D eigenvalue weighted by molar-refractivity contribution is -0.681. The van der Waals surface area contributed by atoms with E-state index in [0.29, 0.717) is 0 Å². The first-order chi connectivity index (χ1) is 17.1. The maximum atomic E-state index is 14.5. The number of nitrogens with zero attached hydrogens (tertiary/aromatic N) is 2. The SMILES string of the molecule is NC(=O)[C@H](Cc1ccc(C(F)(F)P(=O)(O[NH3+])O[NH3+])cc1)NC(=O)c1cc(Br)cc(C2(C(F)(F)F)N=N2)c1. The van der Waals surface area contributed by atoms with E-state index in [1.807, 2.05) is 0 Å². The van der Waals surface area contributed by atoms with Gasteiger partial charge in [-0.25, -0.2) is 16.4 Å². The van der Waals surface area contributed by atoms with E-state index in [0.717, 1.165) is 36.4 Å². The first-order valence-electron chi connectivity index (χ1n) is 9.97. The summed E-state index contributed by atoms with van der Waals surface area (Å²) in [6, 6.07) is 5.96. The summed E-state index contributed by atoms with van der Waals surface area (Å²) >= 11 is 3.03. The van der Waals surface area contributed by atoms with E-state index in [4.69, 9.17) is 5.73 Å². The lowest BCUT2D eigenvalue weighted by Crippen LogP contribution is -2.55. The van der Waals surface area contributed by atoms with Gasteiger partial charge in [0.05, 0.1) is 0 Å². The number of rotatable bonds is 10. The maximum absolute atomic E-state index is 14.5. The summed E-state index contributed by atoms with van der Waals surface area (Å²) in [5.41, 5.74) is -2.69. The van der Waals surface area contributed by atoms with Crippen LogP contribution in [0.15, 0.2) is 57.2 Å². The topological polar surface area (TPSA) is 188 Å². The fraction of sp³-hybridized carbons (Fsp3) is 0.263. The third-order valence-corrected chi connectivity index (χ3v) is 7.42. The average molecular weight is 617 g/mol. The van der Waals surface area contributed by atoms with Crippen molar-refractivity contribution in [1.29, 1.82) is 0 Å². The molecule has 0 unspecified atom stereocenters. The Morgan fingerprint density at radius 1 is 1.08 bits per heavy atom. The highest BCUT2D eigenvalue weighted by atomic mass is 79.9. The van der Waals surface area contributed by atoms with Crippen molar-refractivity contribution in [3.8, 4) is 0 Å². The van der Waals surface area contributed by atoms with E-state index in [-0.39, 0.29) is 22.0 Å². The van der Waals surface area contributed by atoms with Crippen molar-refractivity contribution in [3.63, 3.8) is 0 Å². The number of carbonyl (C=O) groups is 2. The molecule has 0 bridgehead atoms. The Morgan fingerprint density at radius 2 is 1.65 bits per heavy atom. The van der Waals surface area contributed by atoms with Crippen LogP contribution in [-0.4, -0.2) is 24.0 Å². The van der Waals surface area contributed by atoms with Gasteiger partial charge in [-0.3, -0.25) is 9.59 Å². The van der Waals surface area contributed by atoms with E-state index in [1.54, 1.807) is 0 Å². The number of amides is 2. The van der Waals surface area contributed by atoms with E-state index >= 15 is 0 Å². The monoisotopic (exact) mass is 616 g/mol. The highest BCUT2D eigenvalue weighted by molar-refractivity contribution is 9.10. The number of hydrogen-bond donors (Lipinski definition) is 4. The Kier molecular flexibility index (Phi) is 7.89. The van der Waals surface area contributed by atoms with Crippen LogP contribution in [0.4, 0.5) is 22.0 Å². The van der Waals surface area contributed by atoms with E-state index in [2.05, 4.69) is 52.5 Å². The van der Waals surface area contributed by atoms with Crippen LogP contribution in [-0.2, 0) is 36.4 Å². The summed E-state index contributed by atoms with van der Waals surface area (Å²) < 4.78 is 89.4. The Labute approximate surface area is 213 Å². The zero-order valence-electron chi connectivity index (χ0n) is 18.5. The van der Waals surface area contributed by atoms with Crippen molar-refractivity contribution in [1.82, 2.24) is 5.32 Å². The third-order valence-electron chi connectivity index (χ3n) is 5.33. The van der Waals surface area contributed by atoms with Crippen molar-refractivity contribution < 1.29 is 57.1 Å². The minimum absolute atomic E-state index is 0.123. The molecule has 0 fully saturated rings. The molecule has 0 saturated carbocycles. The molecule has 1 atom stereocenters. The van der Waals surface area contributed by atoms with Gasteiger partial charge < -0.3 is 11.1 Å². The van der Waals surface area contributed by atoms with Gasteiger partial charge in [-0.15, -0.1) is 19.5 Å². The van der Waals surface area contributed by atoms with Crippen LogP contribution < -0.4 is 22.8 Å². The molecule has 2 aromatic rings. The van der Waals surface area contributed by atoms with Crippen LogP contribution in [0, 0.1) is 0 Å². The van der Waals surface area contributed by atoms with E-state index in [9.17, 15) is 36.1 Å². The standard InChI is InChI=1S/C19H17BrF5N6O5P/c20-13-7-10(6-12(8-13)17(30-31-17)19(23,24)25)16(33)29-14(15(26)32)5-9-1-3-11(4-2-9)18(21,22)37(34,35-27)36-28/h1-4,6-8,14H,5H2,27-28H3,(H-2,26,29,32,33)/p+2/t14-/m0/s1. The van der Waals surface area contributed by atoms with Crippen LogP contribution in [0.2, 0.25) is 0 Å². The molecule has 1 aliphatic heterocycles. The molecule has 0 aromatic heterocycles. The summed E-state index contributed by atoms with van der Waals surface area (Å²) in [4.78, 5) is 24.7. The van der Waals surface area contributed by atoms with Gasteiger partial charge in [0.15, 0.2) is 0 Å². The molecule has 2 aromatic carbocycles. The fourth-order valence-corrected chi connectivity index (χ4v) is 4.62. The number of alkyl halides is 5. The number of primary amides is 1. The van der Waals surface area contributed by atoms with Crippen LogP contribution in [0.5, 0.6) is 0 Å². The molecule has 0 spiro atoms. The normalized spacial score (nSPS) is 15.8. The molecule has 0 aliphatic carbocycles. The smallest absolute Gasteiger partial charge is 0.368 e. The summed E-state index contributed by atoms with van der Waals surface area (Å²) in [6.07, 6.45) is -5.09. The van der Waals surface area contributed by atoms with Gasteiger partial charge in [-0.1, -0.05) is 40.2 Å². The number of nitrogens with one attached hydrogen (secondary N) is 1. The number of carbonyl (C=O) groups excluding carboxylic acids is 2. The van der Waals surface area contributed by atoms with Crippen molar-refractivity contribution in [2.75, 3.05) is 0 Å². The second kappa shape index (κ2) is 10.2.